The Bertz CT molecular complexity index is 488. The first-order valence-corrected chi connectivity index (χ1v) is 7.79. The van der Waals surface area contributed by atoms with Crippen LogP contribution >= 0.6 is 23.4 Å². The zero-order valence-corrected chi connectivity index (χ0v) is 12.8. The van der Waals surface area contributed by atoms with Gasteiger partial charge in [0.2, 0.25) is 11.8 Å². The second kappa shape index (κ2) is 6.99. The molecule has 20 heavy (non-hydrogen) atoms. The van der Waals surface area contributed by atoms with Crippen molar-refractivity contribution in [3.63, 3.8) is 0 Å². The van der Waals surface area contributed by atoms with E-state index < -0.39 is 0 Å². The molecule has 2 N–H and O–H groups in total. The van der Waals surface area contributed by atoms with Crippen LogP contribution in [0.1, 0.15) is 19.8 Å². The van der Waals surface area contributed by atoms with Crippen LogP contribution in [0.15, 0.2) is 29.2 Å². The fourth-order valence-corrected chi connectivity index (χ4v) is 2.61. The lowest BCUT2D eigenvalue weighted by Gasteiger charge is -2.12. The summed E-state index contributed by atoms with van der Waals surface area (Å²) in [6.45, 7) is 1.86. The van der Waals surface area contributed by atoms with Crippen LogP contribution in [0.2, 0.25) is 5.02 Å². The number of nitrogens with one attached hydrogen (secondary N) is 2. The summed E-state index contributed by atoms with van der Waals surface area (Å²) < 4.78 is 0. The first-order valence-electron chi connectivity index (χ1n) is 6.54. The average Bonchev–Trinajstić information content (AvgIpc) is 3.22. The van der Waals surface area contributed by atoms with Gasteiger partial charge in [0.1, 0.15) is 0 Å². The number of amides is 2. The van der Waals surface area contributed by atoms with Gasteiger partial charge >= 0.3 is 0 Å². The Morgan fingerprint density at radius 3 is 2.60 bits per heavy atom. The Kier molecular flexibility index (Phi) is 5.31. The molecular weight excluding hydrogens is 296 g/mol. The van der Waals surface area contributed by atoms with Crippen LogP contribution in [0.5, 0.6) is 0 Å². The molecule has 0 aromatic heterocycles. The van der Waals surface area contributed by atoms with Crippen LogP contribution in [-0.4, -0.2) is 29.7 Å². The maximum atomic E-state index is 11.9. The number of benzene rings is 1. The number of rotatable bonds is 6. The maximum absolute atomic E-state index is 11.9. The zero-order valence-electron chi connectivity index (χ0n) is 11.2. The smallest absolute Gasteiger partial charge is 0.239 e. The van der Waals surface area contributed by atoms with Gasteiger partial charge in [0.25, 0.3) is 0 Å². The van der Waals surface area contributed by atoms with E-state index in [-0.39, 0.29) is 23.6 Å². The van der Waals surface area contributed by atoms with Crippen LogP contribution in [-0.2, 0) is 9.59 Å². The first kappa shape index (κ1) is 15.2. The van der Waals surface area contributed by atoms with Gasteiger partial charge in [0, 0.05) is 16.0 Å². The highest BCUT2D eigenvalue weighted by Crippen LogP contribution is 2.24. The number of carbonyl (C=O) groups excluding carboxylic acids is 2. The fraction of sp³-hybridized carbons (Fsp3) is 0.429. The zero-order chi connectivity index (χ0) is 14.5. The number of thioether (sulfide) groups is 1. The summed E-state index contributed by atoms with van der Waals surface area (Å²) in [4.78, 5) is 24.3. The number of hydrogen-bond donors (Lipinski definition) is 2. The molecule has 1 aliphatic rings. The molecule has 1 aliphatic carbocycles. The van der Waals surface area contributed by atoms with Crippen molar-refractivity contribution in [2.75, 3.05) is 6.54 Å². The molecule has 1 aromatic rings. The quantitative estimate of drug-likeness (QED) is 0.792. The van der Waals surface area contributed by atoms with Gasteiger partial charge in [-0.2, -0.15) is 0 Å². The lowest BCUT2D eigenvalue weighted by atomic mass is 10.4. The minimum Gasteiger partial charge on any atom is -0.352 e. The molecule has 1 atom stereocenters. The van der Waals surface area contributed by atoms with Crippen LogP contribution in [0.25, 0.3) is 0 Å². The summed E-state index contributed by atoms with van der Waals surface area (Å²) >= 11 is 7.24. The molecule has 1 fully saturated rings. The Balaban J connectivity index is 1.73. The van der Waals surface area contributed by atoms with E-state index >= 15 is 0 Å². The van der Waals surface area contributed by atoms with Gasteiger partial charge in [0.15, 0.2) is 0 Å². The predicted molar refractivity (Wildman–Crippen MR) is 80.9 cm³/mol. The fourth-order valence-electron chi connectivity index (χ4n) is 1.59. The molecule has 0 spiro atoms. The monoisotopic (exact) mass is 312 g/mol. The maximum Gasteiger partial charge on any atom is 0.239 e. The van der Waals surface area contributed by atoms with Crippen molar-refractivity contribution in [2.45, 2.75) is 36.0 Å². The third kappa shape index (κ3) is 5.06. The van der Waals surface area contributed by atoms with Crippen molar-refractivity contribution < 1.29 is 9.59 Å². The second-order valence-electron chi connectivity index (χ2n) is 4.77. The molecule has 108 valence electrons. The SMILES string of the molecule is CC(Sc1ccc(Cl)cc1)C(=O)NCC(=O)NC1CC1. The lowest BCUT2D eigenvalue weighted by molar-refractivity contribution is -0.125. The van der Waals surface area contributed by atoms with E-state index in [1.807, 2.05) is 19.1 Å². The van der Waals surface area contributed by atoms with Gasteiger partial charge in [0.05, 0.1) is 11.8 Å². The van der Waals surface area contributed by atoms with Crippen LogP contribution in [0, 0.1) is 0 Å². The van der Waals surface area contributed by atoms with Crippen molar-refractivity contribution in [3.8, 4) is 0 Å². The van der Waals surface area contributed by atoms with Crippen molar-refractivity contribution >= 4 is 35.2 Å². The molecule has 2 amide bonds. The van der Waals surface area contributed by atoms with E-state index in [2.05, 4.69) is 10.6 Å². The third-order valence-corrected chi connectivity index (χ3v) is 4.23. The van der Waals surface area contributed by atoms with E-state index in [4.69, 9.17) is 11.6 Å². The minimum atomic E-state index is -0.259. The molecule has 0 bridgehead atoms. The summed E-state index contributed by atoms with van der Waals surface area (Å²) in [6.07, 6.45) is 2.09. The Morgan fingerprint density at radius 2 is 2.00 bits per heavy atom. The molecule has 0 saturated heterocycles. The Hall–Kier alpha value is -1.20. The standard InChI is InChI=1S/C14H17ClN2O2S/c1-9(20-12-6-2-10(15)3-7-12)14(19)16-8-13(18)17-11-4-5-11/h2-3,6-7,9,11H,4-5,8H2,1H3,(H,16,19)(H,17,18). The van der Waals surface area contributed by atoms with E-state index in [0.29, 0.717) is 11.1 Å². The van der Waals surface area contributed by atoms with E-state index in [1.165, 1.54) is 11.8 Å². The van der Waals surface area contributed by atoms with E-state index in [0.717, 1.165) is 17.7 Å². The number of carbonyl (C=O) groups is 2. The largest absolute Gasteiger partial charge is 0.352 e. The van der Waals surface area contributed by atoms with Crippen molar-refractivity contribution in [1.29, 1.82) is 0 Å². The van der Waals surface area contributed by atoms with Crippen LogP contribution in [0.3, 0.4) is 0 Å². The first-order chi connectivity index (χ1) is 9.54. The third-order valence-electron chi connectivity index (χ3n) is 2.86. The summed E-state index contributed by atoms with van der Waals surface area (Å²) in [6, 6.07) is 7.64. The molecule has 6 heteroatoms. The lowest BCUT2D eigenvalue weighted by Crippen LogP contribution is -2.40. The molecule has 0 heterocycles. The molecule has 1 aromatic carbocycles. The Labute approximate surface area is 127 Å². The van der Waals surface area contributed by atoms with Gasteiger partial charge in [-0.15, -0.1) is 11.8 Å². The minimum absolute atomic E-state index is 0.0425. The summed E-state index contributed by atoms with van der Waals surface area (Å²) in [7, 11) is 0. The normalized spacial score (nSPS) is 15.5. The number of halogens is 1. The van der Waals surface area contributed by atoms with Crippen molar-refractivity contribution in [3.05, 3.63) is 29.3 Å². The molecule has 1 unspecified atom stereocenters. The molecule has 0 aliphatic heterocycles. The molecule has 0 radical (unpaired) electrons. The molecule has 4 nitrogen and oxygen atoms in total. The van der Waals surface area contributed by atoms with Gasteiger partial charge in [-0.05, 0) is 44.0 Å². The highest BCUT2D eigenvalue weighted by Gasteiger charge is 2.23. The predicted octanol–water partition coefficient (Wildman–Crippen LogP) is 2.22. The Morgan fingerprint density at radius 1 is 1.35 bits per heavy atom. The number of hydrogen-bond acceptors (Lipinski definition) is 3. The van der Waals surface area contributed by atoms with Gasteiger partial charge in [-0.1, -0.05) is 11.6 Å². The van der Waals surface area contributed by atoms with Crippen LogP contribution < -0.4 is 10.6 Å². The highest BCUT2D eigenvalue weighted by molar-refractivity contribution is 8.00. The molecule has 2 rings (SSSR count). The van der Waals surface area contributed by atoms with Gasteiger partial charge < -0.3 is 10.6 Å². The van der Waals surface area contributed by atoms with Gasteiger partial charge in [-0.3, -0.25) is 9.59 Å². The summed E-state index contributed by atoms with van der Waals surface area (Å²) in [5.74, 6) is -0.263. The highest BCUT2D eigenvalue weighted by atomic mass is 35.5. The topological polar surface area (TPSA) is 58.2 Å². The summed E-state index contributed by atoms with van der Waals surface area (Å²) in [5, 5.41) is 5.89. The van der Waals surface area contributed by atoms with E-state index in [9.17, 15) is 9.59 Å². The van der Waals surface area contributed by atoms with Crippen molar-refractivity contribution in [2.24, 2.45) is 0 Å². The summed E-state index contributed by atoms with van der Waals surface area (Å²) in [5.41, 5.74) is 0. The van der Waals surface area contributed by atoms with Crippen molar-refractivity contribution in [1.82, 2.24) is 10.6 Å². The molecule has 1 saturated carbocycles. The van der Waals surface area contributed by atoms with Gasteiger partial charge in [-0.25, -0.2) is 0 Å². The average molecular weight is 313 g/mol. The second-order valence-corrected chi connectivity index (χ2v) is 6.62. The van der Waals surface area contributed by atoms with Crippen LogP contribution in [0.4, 0.5) is 0 Å². The molecular formula is C14H17ClN2O2S. The van der Waals surface area contributed by atoms with E-state index in [1.54, 1.807) is 12.1 Å².